The first-order valence-corrected chi connectivity index (χ1v) is 19.1. The van der Waals surface area contributed by atoms with Gasteiger partial charge in [-0.15, -0.1) is 0 Å². The lowest BCUT2D eigenvalue weighted by Gasteiger charge is -2.20. The molecule has 4 heterocycles. The van der Waals surface area contributed by atoms with E-state index in [9.17, 15) is 0 Å². The van der Waals surface area contributed by atoms with Crippen LogP contribution in [0.3, 0.4) is 0 Å². The third-order valence-corrected chi connectivity index (χ3v) is 13.3. The molecule has 4 nitrogen and oxygen atoms in total. The van der Waals surface area contributed by atoms with Gasteiger partial charge in [-0.3, -0.25) is 0 Å². The van der Waals surface area contributed by atoms with Crippen molar-refractivity contribution in [3.8, 4) is 39.5 Å². The first kappa shape index (κ1) is 26.4. The zero-order valence-electron chi connectivity index (χ0n) is 26.0. The maximum atomic E-state index is 6.57. The van der Waals surface area contributed by atoms with Crippen molar-refractivity contribution in [1.82, 2.24) is 14.5 Å². The quantitative estimate of drug-likeness (QED) is 0.185. The normalized spacial score (nSPS) is 13.5. The van der Waals surface area contributed by atoms with Gasteiger partial charge in [-0.2, -0.15) is 0 Å². The minimum absolute atomic E-state index is 0.752. The van der Waals surface area contributed by atoms with E-state index in [2.05, 4.69) is 145 Å². The molecule has 1 aliphatic heterocycles. The van der Waals surface area contributed by atoms with Crippen LogP contribution in [0.15, 0.2) is 144 Å². The Morgan fingerprint density at radius 1 is 0.574 bits per heavy atom. The van der Waals surface area contributed by atoms with Gasteiger partial charge in [0.1, 0.15) is 19.2 Å². The van der Waals surface area contributed by atoms with Crippen molar-refractivity contribution in [3.05, 3.63) is 140 Å². The van der Waals surface area contributed by atoms with Crippen LogP contribution in [-0.4, -0.2) is 22.6 Å². The molecule has 0 amide bonds. The fraction of sp³-hybridized carbons (Fsp3) is 0.0476. The van der Waals surface area contributed by atoms with Gasteiger partial charge in [-0.25, -0.2) is 9.97 Å². The van der Waals surface area contributed by atoms with Crippen molar-refractivity contribution in [2.45, 2.75) is 13.1 Å². The number of rotatable bonds is 3. The summed E-state index contributed by atoms with van der Waals surface area (Å²) in [7, 11) is -2.10. The smallest absolute Gasteiger partial charge is 0.161 e. The van der Waals surface area contributed by atoms with E-state index < -0.39 is 8.07 Å². The minimum atomic E-state index is -2.10. The fourth-order valence-electron chi connectivity index (χ4n) is 7.82. The predicted molar refractivity (Wildman–Crippen MR) is 197 cm³/mol. The topological polar surface area (TPSA) is 43.9 Å². The van der Waals surface area contributed by atoms with Gasteiger partial charge >= 0.3 is 0 Å². The monoisotopic (exact) mass is 619 g/mol. The first-order valence-electron chi connectivity index (χ1n) is 16.1. The zero-order chi connectivity index (χ0) is 31.3. The second-order valence-corrected chi connectivity index (χ2v) is 17.2. The van der Waals surface area contributed by atoms with Crippen LogP contribution >= 0.6 is 0 Å². The highest BCUT2D eigenvalue weighted by atomic mass is 28.3. The first-order chi connectivity index (χ1) is 23.1. The Kier molecular flexibility index (Phi) is 5.41. The fourth-order valence-corrected chi connectivity index (χ4v) is 10.7. The van der Waals surface area contributed by atoms with Crippen molar-refractivity contribution in [1.29, 1.82) is 0 Å². The highest BCUT2D eigenvalue weighted by Gasteiger charge is 2.41. The lowest BCUT2D eigenvalue weighted by atomic mass is 10.0. The number of benzene rings is 6. The number of hydrogen-bond donors (Lipinski definition) is 0. The van der Waals surface area contributed by atoms with Crippen LogP contribution in [0.5, 0.6) is 0 Å². The Bertz CT molecular complexity index is 2720. The summed E-state index contributed by atoms with van der Waals surface area (Å²) in [6, 6.07) is 49.4. The molecule has 0 saturated heterocycles. The molecule has 0 bridgehead atoms. The summed E-state index contributed by atoms with van der Waals surface area (Å²) in [5.74, 6) is 0.752. The molecule has 0 radical (unpaired) electrons. The molecule has 10 rings (SSSR count). The average Bonchev–Trinajstić information content (AvgIpc) is 3.74. The predicted octanol–water partition coefficient (Wildman–Crippen LogP) is 9.61. The zero-order valence-corrected chi connectivity index (χ0v) is 27.0. The van der Waals surface area contributed by atoms with Gasteiger partial charge in [0, 0.05) is 38.2 Å². The maximum Gasteiger partial charge on any atom is 0.161 e. The Morgan fingerprint density at radius 2 is 1.28 bits per heavy atom. The Hall–Kier alpha value is -5.78. The lowest BCUT2D eigenvalue weighted by molar-refractivity contribution is 0.673. The highest BCUT2D eigenvalue weighted by Crippen LogP contribution is 2.42. The van der Waals surface area contributed by atoms with Gasteiger partial charge in [0.25, 0.3) is 0 Å². The summed E-state index contributed by atoms with van der Waals surface area (Å²) >= 11 is 0. The Labute approximate surface area is 272 Å². The molecule has 0 spiro atoms. The molecule has 9 aromatic rings. The van der Waals surface area contributed by atoms with Gasteiger partial charge in [0.2, 0.25) is 0 Å². The van der Waals surface area contributed by atoms with E-state index in [0.717, 1.165) is 72.1 Å². The van der Waals surface area contributed by atoms with Gasteiger partial charge in [0.05, 0.1) is 27.8 Å². The van der Waals surface area contributed by atoms with Crippen LogP contribution < -0.4 is 10.5 Å². The molecule has 1 aliphatic rings. The minimum Gasteiger partial charge on any atom is -0.455 e. The van der Waals surface area contributed by atoms with Gasteiger partial charge in [-0.1, -0.05) is 116 Å². The number of para-hydroxylation sites is 3. The molecule has 0 unspecified atom stereocenters. The van der Waals surface area contributed by atoms with E-state index >= 15 is 0 Å². The largest absolute Gasteiger partial charge is 0.455 e. The summed E-state index contributed by atoms with van der Waals surface area (Å²) in [5.41, 5.74) is 10.6. The molecule has 47 heavy (non-hydrogen) atoms. The van der Waals surface area contributed by atoms with E-state index in [-0.39, 0.29) is 0 Å². The molecule has 6 aromatic carbocycles. The van der Waals surface area contributed by atoms with Crippen LogP contribution in [-0.2, 0) is 0 Å². The third-order valence-electron chi connectivity index (χ3n) is 9.98. The summed E-state index contributed by atoms with van der Waals surface area (Å²) in [5, 5.41) is 7.16. The molecule has 0 atom stereocenters. The van der Waals surface area contributed by atoms with Crippen LogP contribution in [0.4, 0.5) is 0 Å². The van der Waals surface area contributed by atoms with Gasteiger partial charge in [0.15, 0.2) is 5.82 Å². The Balaban J connectivity index is 1.29. The summed E-state index contributed by atoms with van der Waals surface area (Å²) in [6.45, 7) is 4.83. The van der Waals surface area contributed by atoms with Crippen LogP contribution in [0, 0.1) is 0 Å². The second-order valence-electron chi connectivity index (χ2n) is 13.0. The number of hydrogen-bond acceptors (Lipinski definition) is 3. The van der Waals surface area contributed by atoms with Crippen molar-refractivity contribution in [2.75, 3.05) is 0 Å². The summed E-state index contributed by atoms with van der Waals surface area (Å²) < 4.78 is 8.94. The van der Waals surface area contributed by atoms with Crippen molar-refractivity contribution in [3.63, 3.8) is 0 Å². The van der Waals surface area contributed by atoms with E-state index in [0.29, 0.717) is 0 Å². The van der Waals surface area contributed by atoms with Crippen molar-refractivity contribution >= 4 is 62.3 Å². The third kappa shape index (κ3) is 3.63. The summed E-state index contributed by atoms with van der Waals surface area (Å²) in [4.78, 5) is 10.9. The van der Waals surface area contributed by atoms with Crippen LogP contribution in [0.25, 0.3) is 83.2 Å². The molecule has 5 heteroatoms. The van der Waals surface area contributed by atoms with E-state index in [1.807, 2.05) is 12.1 Å². The van der Waals surface area contributed by atoms with E-state index in [1.54, 1.807) is 0 Å². The molecular weight excluding hydrogens is 591 g/mol. The molecule has 222 valence electrons. The molecular formula is C42H29N3OSi. The van der Waals surface area contributed by atoms with Crippen molar-refractivity contribution in [2.24, 2.45) is 0 Å². The number of nitrogens with zero attached hydrogens (tertiary/aromatic N) is 3. The number of aromatic nitrogens is 3. The number of furan rings is 1. The van der Waals surface area contributed by atoms with E-state index in [4.69, 9.17) is 14.4 Å². The average molecular weight is 620 g/mol. The lowest BCUT2D eigenvalue weighted by Crippen LogP contribution is -2.50. The SMILES string of the molecule is C[Si]1(C)c2ccccc2-c2c(-c3ccccc3)nc(-c3ccccc3-n3c4ccccc4c4c5oc6ccccc6c5ccc43)nc21. The second kappa shape index (κ2) is 9.61. The van der Waals surface area contributed by atoms with Crippen molar-refractivity contribution < 1.29 is 4.42 Å². The van der Waals surface area contributed by atoms with Gasteiger partial charge in [-0.05, 0) is 47.1 Å². The highest BCUT2D eigenvalue weighted by molar-refractivity contribution is 7.03. The maximum absolute atomic E-state index is 6.57. The van der Waals surface area contributed by atoms with Crippen LogP contribution in [0.1, 0.15) is 0 Å². The van der Waals surface area contributed by atoms with Crippen LogP contribution in [0.2, 0.25) is 13.1 Å². The Morgan fingerprint density at radius 3 is 2.15 bits per heavy atom. The van der Waals surface area contributed by atoms with E-state index in [1.165, 1.54) is 21.6 Å². The molecule has 3 aromatic heterocycles. The molecule has 0 aliphatic carbocycles. The summed E-state index contributed by atoms with van der Waals surface area (Å²) in [6.07, 6.45) is 0. The molecule has 0 saturated carbocycles. The molecule has 0 fully saturated rings. The van der Waals surface area contributed by atoms with Gasteiger partial charge < -0.3 is 8.98 Å². The molecule has 0 N–H and O–H groups in total. The standard InChI is InChI=1S/C42H29N3OSi/c1-47(2)36-23-13-9-19-31(36)38-39(26-14-4-3-5-15-26)43-41(44-42(38)47)30-18-7-11-21-33(30)45-32-20-10-6-17-29(32)37-34(45)25-24-28-27-16-8-12-22-35(27)46-40(28)37/h3-25H,1-2H3. The number of fused-ring (bicyclic) bond motifs is 10.